The molecule has 2 aliphatic heterocycles. The van der Waals surface area contributed by atoms with E-state index in [1.54, 1.807) is 13.3 Å². The van der Waals surface area contributed by atoms with Gasteiger partial charge in [-0.2, -0.15) is 0 Å². The van der Waals surface area contributed by atoms with Crippen LogP contribution in [0.1, 0.15) is 37.8 Å². The average Bonchev–Trinajstić information content (AvgIpc) is 2.76. The van der Waals surface area contributed by atoms with Crippen molar-refractivity contribution in [3.8, 4) is 0 Å². The van der Waals surface area contributed by atoms with Gasteiger partial charge in [0.15, 0.2) is 0 Å². The highest BCUT2D eigenvalue weighted by Crippen LogP contribution is 2.24. The fourth-order valence-electron chi connectivity index (χ4n) is 4.20. The van der Waals surface area contributed by atoms with E-state index in [-0.39, 0.29) is 17.7 Å². The Bertz CT molecular complexity index is 632. The van der Waals surface area contributed by atoms with Gasteiger partial charge in [0.1, 0.15) is 0 Å². The van der Waals surface area contributed by atoms with Crippen molar-refractivity contribution in [1.82, 2.24) is 20.1 Å². The number of piperidine rings is 2. The van der Waals surface area contributed by atoms with Crippen LogP contribution in [0.3, 0.4) is 0 Å². The number of pyridine rings is 1. The number of hydrogen-bond acceptors (Lipinski definition) is 5. The molecule has 1 aromatic rings. The molecular weight excluding hydrogens is 356 g/mol. The molecule has 2 amide bonds. The van der Waals surface area contributed by atoms with Crippen molar-refractivity contribution < 1.29 is 14.3 Å². The van der Waals surface area contributed by atoms with E-state index in [0.29, 0.717) is 25.6 Å². The Hall–Kier alpha value is -1.99. The van der Waals surface area contributed by atoms with Crippen LogP contribution in [0.25, 0.3) is 0 Å². The molecule has 2 fully saturated rings. The minimum Gasteiger partial charge on any atom is -0.384 e. The lowest BCUT2D eigenvalue weighted by Gasteiger charge is -2.42. The maximum Gasteiger partial charge on any atom is 0.224 e. The summed E-state index contributed by atoms with van der Waals surface area (Å²) < 4.78 is 5.00. The zero-order valence-electron chi connectivity index (χ0n) is 16.8. The van der Waals surface area contributed by atoms with Crippen molar-refractivity contribution in [2.75, 3.05) is 39.9 Å². The van der Waals surface area contributed by atoms with Gasteiger partial charge in [0.05, 0.1) is 31.2 Å². The number of hydrogen-bond donors (Lipinski definition) is 1. The van der Waals surface area contributed by atoms with Gasteiger partial charge in [0.25, 0.3) is 0 Å². The minimum atomic E-state index is 0.0406. The van der Waals surface area contributed by atoms with Crippen LogP contribution in [-0.4, -0.2) is 72.5 Å². The Morgan fingerprint density at radius 3 is 2.75 bits per heavy atom. The molecule has 3 heterocycles. The number of carbonyl (C=O) groups is 2. The van der Waals surface area contributed by atoms with Gasteiger partial charge < -0.3 is 15.0 Å². The van der Waals surface area contributed by atoms with Gasteiger partial charge in [-0.05, 0) is 44.4 Å². The molecule has 0 radical (unpaired) electrons. The summed E-state index contributed by atoms with van der Waals surface area (Å²) in [5.41, 5.74) is 0.883. The average molecular weight is 389 g/mol. The summed E-state index contributed by atoms with van der Waals surface area (Å²) >= 11 is 0. The van der Waals surface area contributed by atoms with Crippen LogP contribution in [0.4, 0.5) is 0 Å². The fraction of sp³-hybridized carbons (Fsp3) is 0.667. The molecule has 1 N–H and O–H groups in total. The first-order chi connectivity index (χ1) is 13.7. The SMILES string of the molecule is COCCC(=O)N1CCC(N2CCCC(C(=O)NCc3ccccn3)C2)CC1. The van der Waals surface area contributed by atoms with Gasteiger partial charge in [0, 0.05) is 39.0 Å². The monoisotopic (exact) mass is 388 g/mol. The predicted octanol–water partition coefficient (Wildman–Crippen LogP) is 1.44. The van der Waals surface area contributed by atoms with Crippen LogP contribution in [0.2, 0.25) is 0 Å². The van der Waals surface area contributed by atoms with Gasteiger partial charge in [-0.3, -0.25) is 19.5 Å². The fourth-order valence-corrected chi connectivity index (χ4v) is 4.20. The number of methoxy groups -OCH3 is 1. The number of ether oxygens (including phenoxy) is 1. The molecule has 0 saturated carbocycles. The number of aromatic nitrogens is 1. The Morgan fingerprint density at radius 2 is 2.04 bits per heavy atom. The molecule has 2 saturated heterocycles. The van der Waals surface area contributed by atoms with Crippen molar-refractivity contribution >= 4 is 11.8 Å². The maximum absolute atomic E-state index is 12.6. The van der Waals surface area contributed by atoms with Gasteiger partial charge in [0.2, 0.25) is 11.8 Å². The summed E-state index contributed by atoms with van der Waals surface area (Å²) in [7, 11) is 1.62. The first kappa shape index (κ1) is 20.7. The van der Waals surface area contributed by atoms with Crippen molar-refractivity contribution in [1.29, 1.82) is 0 Å². The largest absolute Gasteiger partial charge is 0.384 e. The van der Waals surface area contributed by atoms with Crippen LogP contribution in [0.15, 0.2) is 24.4 Å². The third-order valence-corrected chi connectivity index (χ3v) is 5.85. The summed E-state index contributed by atoms with van der Waals surface area (Å²) in [4.78, 5) is 33.4. The Labute approximate surface area is 167 Å². The van der Waals surface area contributed by atoms with Gasteiger partial charge in [-0.15, -0.1) is 0 Å². The molecule has 1 aromatic heterocycles. The Balaban J connectivity index is 1.43. The van der Waals surface area contributed by atoms with Crippen LogP contribution in [0, 0.1) is 5.92 Å². The number of likely N-dealkylation sites (tertiary alicyclic amines) is 2. The van der Waals surface area contributed by atoms with E-state index in [4.69, 9.17) is 4.74 Å². The molecule has 7 heteroatoms. The van der Waals surface area contributed by atoms with E-state index in [0.717, 1.165) is 57.6 Å². The molecule has 1 unspecified atom stereocenters. The topological polar surface area (TPSA) is 74.8 Å². The van der Waals surface area contributed by atoms with E-state index in [9.17, 15) is 9.59 Å². The summed E-state index contributed by atoms with van der Waals surface area (Å²) in [6, 6.07) is 6.21. The lowest BCUT2D eigenvalue weighted by molar-refractivity contribution is -0.133. The van der Waals surface area contributed by atoms with Crippen molar-refractivity contribution in [3.05, 3.63) is 30.1 Å². The van der Waals surface area contributed by atoms with E-state index >= 15 is 0 Å². The third-order valence-electron chi connectivity index (χ3n) is 5.85. The van der Waals surface area contributed by atoms with Crippen LogP contribution in [0.5, 0.6) is 0 Å². The summed E-state index contributed by atoms with van der Waals surface area (Å²) in [6.45, 7) is 4.45. The summed E-state index contributed by atoms with van der Waals surface area (Å²) in [5, 5.41) is 3.04. The summed E-state index contributed by atoms with van der Waals surface area (Å²) in [5.74, 6) is 0.354. The quantitative estimate of drug-likeness (QED) is 0.765. The standard InChI is InChI=1S/C21H32N4O3/c1-28-14-9-20(26)24-12-7-19(8-13-24)25-11-4-5-17(16-25)21(27)23-15-18-6-2-3-10-22-18/h2-3,6,10,17,19H,4-5,7-9,11-16H2,1H3,(H,23,27). The number of rotatable bonds is 7. The normalized spacial score (nSPS) is 21.5. The zero-order valence-corrected chi connectivity index (χ0v) is 16.8. The van der Waals surface area contributed by atoms with Crippen LogP contribution >= 0.6 is 0 Å². The van der Waals surface area contributed by atoms with Crippen LogP contribution in [-0.2, 0) is 20.9 Å². The smallest absolute Gasteiger partial charge is 0.224 e. The Kier molecular flexibility index (Phi) is 7.80. The zero-order chi connectivity index (χ0) is 19.8. The van der Waals surface area contributed by atoms with E-state index < -0.39 is 0 Å². The van der Waals surface area contributed by atoms with E-state index in [2.05, 4.69) is 15.2 Å². The number of nitrogens with one attached hydrogen (secondary N) is 1. The second-order valence-electron chi connectivity index (χ2n) is 7.73. The number of amides is 2. The van der Waals surface area contributed by atoms with Crippen molar-refractivity contribution in [2.45, 2.75) is 44.7 Å². The predicted molar refractivity (Wildman–Crippen MR) is 106 cm³/mol. The molecule has 0 bridgehead atoms. The molecule has 0 spiro atoms. The minimum absolute atomic E-state index is 0.0406. The number of carbonyl (C=O) groups excluding carboxylic acids is 2. The highest BCUT2D eigenvalue weighted by Gasteiger charge is 2.32. The lowest BCUT2D eigenvalue weighted by Crippen LogP contribution is -2.51. The molecule has 0 aliphatic carbocycles. The number of nitrogens with zero attached hydrogens (tertiary/aromatic N) is 3. The highest BCUT2D eigenvalue weighted by molar-refractivity contribution is 5.79. The second-order valence-corrected chi connectivity index (χ2v) is 7.73. The molecule has 2 aliphatic rings. The molecule has 7 nitrogen and oxygen atoms in total. The first-order valence-corrected chi connectivity index (χ1v) is 10.4. The lowest BCUT2D eigenvalue weighted by atomic mass is 9.93. The second kappa shape index (κ2) is 10.5. The maximum atomic E-state index is 12.6. The third kappa shape index (κ3) is 5.75. The molecule has 3 rings (SSSR count). The van der Waals surface area contributed by atoms with E-state index in [1.807, 2.05) is 23.1 Å². The first-order valence-electron chi connectivity index (χ1n) is 10.4. The highest BCUT2D eigenvalue weighted by atomic mass is 16.5. The van der Waals surface area contributed by atoms with Crippen molar-refractivity contribution in [3.63, 3.8) is 0 Å². The molecular formula is C21H32N4O3. The molecule has 154 valence electrons. The van der Waals surface area contributed by atoms with Crippen molar-refractivity contribution in [2.24, 2.45) is 5.92 Å². The van der Waals surface area contributed by atoms with E-state index in [1.165, 1.54) is 0 Å². The molecule has 0 aromatic carbocycles. The van der Waals surface area contributed by atoms with Gasteiger partial charge in [-0.25, -0.2) is 0 Å². The summed E-state index contributed by atoms with van der Waals surface area (Å²) in [6.07, 6.45) is 6.18. The Morgan fingerprint density at radius 1 is 1.21 bits per heavy atom. The van der Waals surface area contributed by atoms with Gasteiger partial charge in [-0.1, -0.05) is 6.07 Å². The molecule has 1 atom stereocenters. The van der Waals surface area contributed by atoms with Crippen LogP contribution < -0.4 is 5.32 Å². The molecule has 28 heavy (non-hydrogen) atoms. The van der Waals surface area contributed by atoms with Gasteiger partial charge >= 0.3 is 0 Å².